The van der Waals surface area contributed by atoms with Crippen LogP contribution in [0.25, 0.3) is 0 Å². The van der Waals surface area contributed by atoms with E-state index in [9.17, 15) is 9.59 Å². The molecule has 7 nitrogen and oxygen atoms in total. The number of carbonyl (C=O) groups excluding carboxylic acids is 2. The van der Waals surface area contributed by atoms with Crippen LogP contribution in [0.15, 0.2) is 0 Å². The number of hydrogen-bond acceptors (Lipinski definition) is 7. The Morgan fingerprint density at radius 2 is 1.11 bits per heavy atom. The van der Waals surface area contributed by atoms with Gasteiger partial charge in [0.1, 0.15) is 6.42 Å². The Kier molecular flexibility index (Phi) is 39.6. The van der Waals surface area contributed by atoms with Gasteiger partial charge in [-0.25, -0.2) is 0 Å². The maximum atomic E-state index is 10.6. The van der Waals surface area contributed by atoms with Gasteiger partial charge in [0.2, 0.25) is 0 Å². The average Bonchev–Trinajstić information content (AvgIpc) is 2.03. The average molecular weight is 240 g/mol. The smallest absolute Gasteiger partial charge is 0.907 e. The quantitative estimate of drug-likeness (QED) is 0.271. The molecule has 0 aliphatic carbocycles. The molecule has 0 bridgehead atoms. The molecule has 0 amide bonds. The van der Waals surface area contributed by atoms with Crippen molar-refractivity contribution in [3.63, 3.8) is 0 Å². The molecule has 0 atom stereocenters. The van der Waals surface area contributed by atoms with Gasteiger partial charge in [-0.15, -0.1) is 0 Å². The summed E-state index contributed by atoms with van der Waals surface area (Å²) >= 11 is 0. The van der Waals surface area contributed by atoms with E-state index in [2.05, 4.69) is 9.47 Å². The normalized spacial score (nSPS) is 6.94. The van der Waals surface area contributed by atoms with Crippen LogP contribution in [-0.4, -0.2) is 32.5 Å². The standard InChI is InChI=1S/C7H12O4.BO3.3Li/c1-3-10-6(8)5-7(9)11-4-2;2-1(3)4;;;/h3-5H2,1-2H3;;;;/q;-3;3*+1. The zero-order chi connectivity index (χ0) is 12.3. The van der Waals surface area contributed by atoms with Crippen LogP contribution in [0.2, 0.25) is 0 Å². The van der Waals surface area contributed by atoms with E-state index >= 15 is 0 Å². The van der Waals surface area contributed by atoms with Crippen LogP contribution in [0.4, 0.5) is 0 Å². The summed E-state index contributed by atoms with van der Waals surface area (Å²) in [4.78, 5) is 21.2. The summed E-state index contributed by atoms with van der Waals surface area (Å²) in [5.74, 6) is -1.07. The van der Waals surface area contributed by atoms with Gasteiger partial charge < -0.3 is 24.5 Å². The maximum absolute atomic E-state index is 10.6. The van der Waals surface area contributed by atoms with Gasteiger partial charge >= 0.3 is 68.5 Å². The van der Waals surface area contributed by atoms with Gasteiger partial charge in [-0.3, -0.25) is 16.9 Å². The number of ether oxygens (including phenoxy) is 2. The first-order chi connectivity index (χ1) is 6.93. The summed E-state index contributed by atoms with van der Waals surface area (Å²) in [7, 11) is -2.92. The van der Waals surface area contributed by atoms with Crippen molar-refractivity contribution in [3.05, 3.63) is 0 Å². The second kappa shape index (κ2) is 22.8. The maximum Gasteiger partial charge on any atom is 1.00 e. The second-order valence-corrected chi connectivity index (χ2v) is 2.08. The fraction of sp³-hybridized carbons (Fsp3) is 0.714. The number of carbonyl (C=O) groups is 2. The Labute approximate surface area is 143 Å². The predicted molar refractivity (Wildman–Crippen MR) is 43.6 cm³/mol. The Morgan fingerprint density at radius 1 is 0.889 bits per heavy atom. The third kappa shape index (κ3) is 36.0. The first-order valence-electron chi connectivity index (χ1n) is 4.22. The molecule has 88 valence electrons. The van der Waals surface area contributed by atoms with E-state index in [0.717, 1.165) is 0 Å². The Balaban J connectivity index is -0.0000000712. The van der Waals surface area contributed by atoms with Crippen molar-refractivity contribution < 1.29 is 90.7 Å². The molecule has 18 heavy (non-hydrogen) atoms. The van der Waals surface area contributed by atoms with Gasteiger partial charge in [0.15, 0.2) is 0 Å². The predicted octanol–water partition coefficient (Wildman–Crippen LogP) is -12.4. The van der Waals surface area contributed by atoms with Crippen LogP contribution < -0.4 is 71.7 Å². The molecule has 0 aromatic rings. The molecule has 11 heteroatoms. The van der Waals surface area contributed by atoms with E-state index in [4.69, 9.17) is 15.1 Å². The second-order valence-electron chi connectivity index (χ2n) is 2.08. The minimum Gasteiger partial charge on any atom is -0.907 e. The fourth-order valence-electron chi connectivity index (χ4n) is 0.542. The van der Waals surface area contributed by atoms with Gasteiger partial charge in [0.25, 0.3) is 0 Å². The zero-order valence-corrected chi connectivity index (χ0v) is 11.6. The Bertz CT molecular complexity index is 175. The fourth-order valence-corrected chi connectivity index (χ4v) is 0.542. The first kappa shape index (κ1) is 31.2. The molecule has 0 aliphatic heterocycles. The largest absolute Gasteiger partial charge is 1.00 e. The van der Waals surface area contributed by atoms with Crippen molar-refractivity contribution in [1.29, 1.82) is 0 Å². The van der Waals surface area contributed by atoms with Gasteiger partial charge in [0.05, 0.1) is 13.2 Å². The number of esters is 2. The molecule has 0 radical (unpaired) electrons. The Hall–Kier alpha value is 0.677. The van der Waals surface area contributed by atoms with Crippen LogP contribution in [0.1, 0.15) is 20.3 Å². The third-order valence-electron chi connectivity index (χ3n) is 0.899. The molecular formula is C7H12BLi3O7. The molecule has 0 aliphatic rings. The van der Waals surface area contributed by atoms with Crippen molar-refractivity contribution >= 4 is 19.3 Å². The van der Waals surface area contributed by atoms with Crippen molar-refractivity contribution in [1.82, 2.24) is 0 Å². The zero-order valence-electron chi connectivity index (χ0n) is 11.6. The van der Waals surface area contributed by atoms with Gasteiger partial charge in [0, 0.05) is 0 Å². The summed E-state index contributed by atoms with van der Waals surface area (Å²) in [6.45, 7) is 3.95. The van der Waals surface area contributed by atoms with Crippen LogP contribution in [0.3, 0.4) is 0 Å². The van der Waals surface area contributed by atoms with E-state index in [1.807, 2.05) is 0 Å². The van der Waals surface area contributed by atoms with Crippen LogP contribution in [0.5, 0.6) is 0 Å². The van der Waals surface area contributed by atoms with Crippen LogP contribution in [-0.2, 0) is 19.1 Å². The molecule has 0 saturated carbocycles. The van der Waals surface area contributed by atoms with Crippen LogP contribution >= 0.6 is 0 Å². The van der Waals surface area contributed by atoms with E-state index in [-0.39, 0.29) is 76.2 Å². The molecule has 0 unspecified atom stereocenters. The topological polar surface area (TPSA) is 122 Å². The molecule has 0 aromatic carbocycles. The van der Waals surface area contributed by atoms with Crippen molar-refractivity contribution in [2.24, 2.45) is 0 Å². The summed E-state index contributed by atoms with van der Waals surface area (Å²) in [6.07, 6.45) is -0.290. The third-order valence-corrected chi connectivity index (χ3v) is 0.899. The number of hydrogen-bond donors (Lipinski definition) is 0. The van der Waals surface area contributed by atoms with E-state index in [1.165, 1.54) is 0 Å². The van der Waals surface area contributed by atoms with Crippen molar-refractivity contribution in [3.8, 4) is 0 Å². The summed E-state index contributed by atoms with van der Waals surface area (Å²) < 4.78 is 9.04. The van der Waals surface area contributed by atoms with Crippen LogP contribution in [0, 0.1) is 0 Å². The summed E-state index contributed by atoms with van der Waals surface area (Å²) in [5, 5.41) is 25.2. The monoisotopic (exact) mass is 240 g/mol. The summed E-state index contributed by atoms with van der Waals surface area (Å²) in [6, 6.07) is 0. The molecule has 0 N–H and O–H groups in total. The minimum atomic E-state index is -2.92. The molecular weight excluding hydrogens is 228 g/mol. The van der Waals surface area contributed by atoms with E-state index in [0.29, 0.717) is 0 Å². The molecule has 0 aromatic heterocycles. The molecule has 0 rings (SSSR count). The van der Waals surface area contributed by atoms with Gasteiger partial charge in [-0.1, -0.05) is 0 Å². The van der Waals surface area contributed by atoms with E-state index < -0.39 is 19.3 Å². The SMILES string of the molecule is CCOC(=O)CC(=O)OCC.[Li+].[Li+].[Li+].[O-]B([O-])[O-]. The van der Waals surface area contributed by atoms with E-state index in [1.54, 1.807) is 13.8 Å². The molecule has 0 fully saturated rings. The first-order valence-corrected chi connectivity index (χ1v) is 4.22. The van der Waals surface area contributed by atoms with Crippen molar-refractivity contribution in [2.45, 2.75) is 20.3 Å². The molecule has 0 spiro atoms. The van der Waals surface area contributed by atoms with Crippen molar-refractivity contribution in [2.75, 3.05) is 13.2 Å². The molecule has 0 saturated heterocycles. The summed E-state index contributed by atoms with van der Waals surface area (Å²) in [5.41, 5.74) is 0. The molecule has 0 heterocycles. The van der Waals surface area contributed by atoms with Gasteiger partial charge in [-0.2, -0.15) is 0 Å². The van der Waals surface area contributed by atoms with Gasteiger partial charge in [-0.05, 0) is 13.8 Å². The number of rotatable bonds is 4. The Morgan fingerprint density at radius 3 is 1.28 bits per heavy atom. The minimum absolute atomic E-state index is 0.